The topological polar surface area (TPSA) is 49.3 Å². The zero-order chi connectivity index (χ0) is 10.8. The Bertz CT molecular complexity index is 392. The molecule has 1 aliphatic rings. The number of benzene rings is 1. The van der Waals surface area contributed by atoms with Crippen molar-refractivity contribution in [3.05, 3.63) is 29.3 Å². The van der Waals surface area contributed by atoms with E-state index in [0.717, 1.165) is 23.2 Å². The fourth-order valence-electron chi connectivity index (χ4n) is 2.02. The molecule has 0 bridgehead atoms. The predicted molar refractivity (Wildman–Crippen MR) is 67.9 cm³/mol. The molecule has 0 spiro atoms. The van der Waals surface area contributed by atoms with Crippen molar-refractivity contribution < 1.29 is 9.90 Å². The van der Waals surface area contributed by atoms with E-state index in [2.05, 4.69) is 27.9 Å². The van der Waals surface area contributed by atoms with Crippen LogP contribution in [-0.4, -0.2) is 15.6 Å². The largest absolute Gasteiger partial charge is 0.465 e. The van der Waals surface area contributed by atoms with Gasteiger partial charge in [0.2, 0.25) is 0 Å². The standard InChI is InChI=1S/C11H12INO2/c12-6-7-3-8-1-2-10(13-11(14)15)5-9(8)4-7/h1-2,5,7,13H,3-4,6H2,(H,14,15)/t7-/m0/s1. The molecular formula is C11H12INO2. The summed E-state index contributed by atoms with van der Waals surface area (Å²) >= 11 is 2.41. The third-order valence-corrected chi connectivity index (χ3v) is 3.94. The van der Waals surface area contributed by atoms with Gasteiger partial charge in [0.1, 0.15) is 0 Å². The lowest BCUT2D eigenvalue weighted by Gasteiger charge is -2.03. The molecule has 0 heterocycles. The average molecular weight is 317 g/mol. The Hall–Kier alpha value is -0.780. The number of carboxylic acid groups (broad SMARTS) is 1. The molecule has 0 radical (unpaired) electrons. The first kappa shape index (κ1) is 10.7. The van der Waals surface area contributed by atoms with Crippen molar-refractivity contribution >= 4 is 34.4 Å². The molecule has 0 fully saturated rings. The maximum atomic E-state index is 10.5. The third-order valence-electron chi connectivity index (χ3n) is 2.69. The van der Waals surface area contributed by atoms with Gasteiger partial charge in [0.05, 0.1) is 0 Å². The molecule has 1 amide bonds. The number of anilines is 1. The van der Waals surface area contributed by atoms with E-state index < -0.39 is 6.09 Å². The minimum atomic E-state index is -1.00. The maximum Gasteiger partial charge on any atom is 0.409 e. The van der Waals surface area contributed by atoms with Crippen LogP contribution in [0.15, 0.2) is 18.2 Å². The average Bonchev–Trinajstić information content (AvgIpc) is 2.58. The first-order chi connectivity index (χ1) is 7.19. The first-order valence-electron chi connectivity index (χ1n) is 4.86. The zero-order valence-electron chi connectivity index (χ0n) is 8.16. The summed E-state index contributed by atoms with van der Waals surface area (Å²) in [6.45, 7) is 0. The minimum Gasteiger partial charge on any atom is -0.465 e. The highest BCUT2D eigenvalue weighted by Crippen LogP contribution is 2.30. The Labute approximate surface area is 102 Å². The Morgan fingerprint density at radius 1 is 1.47 bits per heavy atom. The van der Waals surface area contributed by atoms with Crippen LogP contribution in [0.1, 0.15) is 11.1 Å². The number of fused-ring (bicyclic) bond motifs is 1. The number of carbonyl (C=O) groups is 1. The van der Waals surface area contributed by atoms with Gasteiger partial charge < -0.3 is 5.11 Å². The Balaban J connectivity index is 2.18. The van der Waals surface area contributed by atoms with Gasteiger partial charge in [0.25, 0.3) is 0 Å². The van der Waals surface area contributed by atoms with Crippen molar-refractivity contribution in [2.45, 2.75) is 12.8 Å². The molecule has 0 saturated carbocycles. The molecule has 1 aromatic carbocycles. The molecule has 15 heavy (non-hydrogen) atoms. The number of halogens is 1. The van der Waals surface area contributed by atoms with Gasteiger partial charge in [-0.15, -0.1) is 0 Å². The molecule has 1 aliphatic carbocycles. The van der Waals surface area contributed by atoms with Crippen LogP contribution in [0.25, 0.3) is 0 Å². The predicted octanol–water partition coefficient (Wildman–Crippen LogP) is 2.93. The van der Waals surface area contributed by atoms with E-state index >= 15 is 0 Å². The smallest absolute Gasteiger partial charge is 0.409 e. The van der Waals surface area contributed by atoms with Gasteiger partial charge in [0.15, 0.2) is 0 Å². The van der Waals surface area contributed by atoms with Crippen molar-refractivity contribution in [1.29, 1.82) is 0 Å². The van der Waals surface area contributed by atoms with E-state index in [0.29, 0.717) is 5.69 Å². The minimum absolute atomic E-state index is 0.676. The second-order valence-corrected chi connectivity index (χ2v) is 4.72. The number of hydrogen-bond acceptors (Lipinski definition) is 1. The zero-order valence-corrected chi connectivity index (χ0v) is 10.3. The number of rotatable bonds is 2. The molecule has 0 saturated heterocycles. The molecule has 3 nitrogen and oxygen atoms in total. The highest BCUT2D eigenvalue weighted by atomic mass is 127. The Kier molecular flexibility index (Phi) is 3.14. The number of hydrogen-bond donors (Lipinski definition) is 2. The van der Waals surface area contributed by atoms with Crippen LogP contribution in [-0.2, 0) is 12.8 Å². The SMILES string of the molecule is O=C(O)Nc1ccc2c(c1)C[C@@H](CI)C2. The van der Waals surface area contributed by atoms with Gasteiger partial charge in [-0.1, -0.05) is 28.7 Å². The van der Waals surface area contributed by atoms with Crippen LogP contribution in [0.2, 0.25) is 0 Å². The van der Waals surface area contributed by atoms with E-state index in [4.69, 9.17) is 5.11 Å². The molecule has 0 unspecified atom stereocenters. The fourth-order valence-corrected chi connectivity index (χ4v) is 2.64. The Morgan fingerprint density at radius 2 is 2.20 bits per heavy atom. The summed E-state index contributed by atoms with van der Waals surface area (Å²) in [5, 5.41) is 11.0. The van der Waals surface area contributed by atoms with Crippen LogP contribution < -0.4 is 5.32 Å². The molecule has 0 aliphatic heterocycles. The monoisotopic (exact) mass is 317 g/mol. The normalized spacial score (nSPS) is 18.6. The van der Waals surface area contributed by atoms with Crippen molar-refractivity contribution in [3.63, 3.8) is 0 Å². The van der Waals surface area contributed by atoms with Crippen LogP contribution in [0.5, 0.6) is 0 Å². The van der Waals surface area contributed by atoms with Gasteiger partial charge in [-0.2, -0.15) is 0 Å². The summed E-state index contributed by atoms with van der Waals surface area (Å²) in [6.07, 6.45) is 1.21. The number of amides is 1. The van der Waals surface area contributed by atoms with Crippen molar-refractivity contribution in [2.75, 3.05) is 9.74 Å². The number of nitrogens with one attached hydrogen (secondary N) is 1. The van der Waals surface area contributed by atoms with Crippen molar-refractivity contribution in [1.82, 2.24) is 0 Å². The second-order valence-electron chi connectivity index (χ2n) is 3.84. The van der Waals surface area contributed by atoms with Gasteiger partial charge in [0, 0.05) is 10.1 Å². The second kappa shape index (κ2) is 4.38. The third kappa shape index (κ3) is 2.42. The van der Waals surface area contributed by atoms with E-state index in [9.17, 15) is 4.79 Å². The van der Waals surface area contributed by atoms with Crippen LogP contribution in [0, 0.1) is 5.92 Å². The lowest BCUT2D eigenvalue weighted by molar-refractivity contribution is 0.210. The van der Waals surface area contributed by atoms with Crippen molar-refractivity contribution in [3.8, 4) is 0 Å². The molecule has 1 aromatic rings. The molecule has 1 atom stereocenters. The molecule has 2 N–H and O–H groups in total. The molecule has 80 valence electrons. The quantitative estimate of drug-likeness (QED) is 0.651. The Morgan fingerprint density at radius 3 is 2.87 bits per heavy atom. The van der Waals surface area contributed by atoms with Crippen LogP contribution in [0.4, 0.5) is 10.5 Å². The van der Waals surface area contributed by atoms with E-state index in [1.165, 1.54) is 11.1 Å². The summed E-state index contributed by atoms with van der Waals surface area (Å²) in [4.78, 5) is 10.5. The summed E-state index contributed by atoms with van der Waals surface area (Å²) in [5.41, 5.74) is 3.34. The van der Waals surface area contributed by atoms with Gasteiger partial charge in [-0.3, -0.25) is 5.32 Å². The molecule has 4 heteroatoms. The fraction of sp³-hybridized carbons (Fsp3) is 0.364. The molecular weight excluding hydrogens is 305 g/mol. The lowest BCUT2D eigenvalue weighted by atomic mass is 10.1. The summed E-state index contributed by atoms with van der Waals surface area (Å²) in [6, 6.07) is 5.82. The van der Waals surface area contributed by atoms with Crippen LogP contribution >= 0.6 is 22.6 Å². The van der Waals surface area contributed by atoms with Gasteiger partial charge in [-0.05, 0) is 42.0 Å². The molecule has 0 aromatic heterocycles. The van der Waals surface area contributed by atoms with E-state index in [1.54, 1.807) is 0 Å². The summed E-state index contributed by atoms with van der Waals surface area (Å²) in [5.74, 6) is 0.723. The molecule has 2 rings (SSSR count). The first-order valence-corrected chi connectivity index (χ1v) is 6.39. The van der Waals surface area contributed by atoms with E-state index in [1.807, 2.05) is 18.2 Å². The number of alkyl halides is 1. The lowest BCUT2D eigenvalue weighted by Crippen LogP contribution is -2.07. The summed E-state index contributed by atoms with van der Waals surface area (Å²) < 4.78 is 1.16. The van der Waals surface area contributed by atoms with Gasteiger partial charge in [-0.25, -0.2) is 4.79 Å². The van der Waals surface area contributed by atoms with E-state index in [-0.39, 0.29) is 0 Å². The highest BCUT2D eigenvalue weighted by molar-refractivity contribution is 14.1. The van der Waals surface area contributed by atoms with Crippen molar-refractivity contribution in [2.24, 2.45) is 5.92 Å². The van der Waals surface area contributed by atoms with Crippen LogP contribution in [0.3, 0.4) is 0 Å². The summed E-state index contributed by atoms with van der Waals surface area (Å²) in [7, 11) is 0. The van der Waals surface area contributed by atoms with Gasteiger partial charge >= 0.3 is 6.09 Å². The maximum absolute atomic E-state index is 10.5. The highest BCUT2D eigenvalue weighted by Gasteiger charge is 2.20.